The van der Waals surface area contributed by atoms with E-state index in [4.69, 9.17) is 23.2 Å². The van der Waals surface area contributed by atoms with Gasteiger partial charge in [0, 0.05) is 10.7 Å². The molecule has 0 atom stereocenters. The van der Waals surface area contributed by atoms with Gasteiger partial charge in [0.25, 0.3) is 11.8 Å². The van der Waals surface area contributed by atoms with Gasteiger partial charge in [-0.05, 0) is 42.3 Å². The Hall–Kier alpha value is -2.30. The summed E-state index contributed by atoms with van der Waals surface area (Å²) < 4.78 is 0. The molecular weight excluding hydrogens is 347 g/mol. The van der Waals surface area contributed by atoms with Gasteiger partial charge in [0.15, 0.2) is 0 Å². The van der Waals surface area contributed by atoms with Gasteiger partial charge in [-0.25, -0.2) is 4.90 Å². The van der Waals surface area contributed by atoms with Crippen molar-refractivity contribution in [2.75, 3.05) is 10.2 Å². The van der Waals surface area contributed by atoms with Crippen LogP contribution in [0.4, 0.5) is 11.4 Å². The smallest absolute Gasteiger partial charge is 0.283 e. The summed E-state index contributed by atoms with van der Waals surface area (Å²) in [4.78, 5) is 26.0. The Balaban J connectivity index is 1.88. The zero-order valence-corrected chi connectivity index (χ0v) is 14.4. The summed E-state index contributed by atoms with van der Waals surface area (Å²) in [5, 5.41) is 3.23. The van der Waals surface area contributed by atoms with Gasteiger partial charge in [0.1, 0.15) is 10.7 Å². The summed E-state index contributed by atoms with van der Waals surface area (Å²) in [5.74, 6) is -1.08. The van der Waals surface area contributed by atoms with Crippen molar-refractivity contribution >= 4 is 46.4 Å². The Kier molecular flexibility index (Phi) is 4.60. The first-order chi connectivity index (χ1) is 11.5. The number of amides is 2. The van der Waals surface area contributed by atoms with Crippen molar-refractivity contribution in [3.8, 4) is 0 Å². The van der Waals surface area contributed by atoms with Crippen LogP contribution in [0.2, 0.25) is 5.02 Å². The topological polar surface area (TPSA) is 49.4 Å². The summed E-state index contributed by atoms with van der Waals surface area (Å²) in [5.41, 5.74) is 2.31. The van der Waals surface area contributed by atoms with Crippen LogP contribution in [-0.2, 0) is 16.0 Å². The number of nitrogens with zero attached hydrogens (tertiary/aromatic N) is 1. The van der Waals surface area contributed by atoms with E-state index in [1.807, 2.05) is 24.3 Å². The monoisotopic (exact) mass is 360 g/mol. The summed E-state index contributed by atoms with van der Waals surface area (Å²) in [7, 11) is 0. The molecule has 0 saturated heterocycles. The van der Waals surface area contributed by atoms with Crippen LogP contribution < -0.4 is 10.2 Å². The number of halogens is 2. The highest BCUT2D eigenvalue weighted by Crippen LogP contribution is 2.31. The van der Waals surface area contributed by atoms with Crippen molar-refractivity contribution < 1.29 is 9.59 Å². The minimum absolute atomic E-state index is 0.0610. The van der Waals surface area contributed by atoms with E-state index in [2.05, 4.69) is 12.2 Å². The summed E-state index contributed by atoms with van der Waals surface area (Å²) in [6.07, 6.45) is 0.920. The minimum atomic E-state index is -0.573. The molecule has 0 unspecified atom stereocenters. The molecule has 1 heterocycles. The number of aryl methyl sites for hydroxylation is 1. The maximum atomic E-state index is 12.6. The van der Waals surface area contributed by atoms with Crippen molar-refractivity contribution in [3.05, 3.63) is 69.8 Å². The molecule has 0 fully saturated rings. The number of carbonyl (C=O) groups is 2. The quantitative estimate of drug-likeness (QED) is 0.825. The molecule has 3 rings (SSSR count). The van der Waals surface area contributed by atoms with Gasteiger partial charge in [-0.3, -0.25) is 9.59 Å². The molecule has 1 N–H and O–H groups in total. The molecular formula is C18H14Cl2N2O2. The lowest BCUT2D eigenvalue weighted by Gasteiger charge is -2.15. The van der Waals surface area contributed by atoms with Crippen LogP contribution in [0.3, 0.4) is 0 Å². The second-order valence-corrected chi connectivity index (χ2v) is 6.10. The molecule has 2 aromatic carbocycles. The van der Waals surface area contributed by atoms with E-state index in [9.17, 15) is 9.59 Å². The number of carbonyl (C=O) groups excluding carboxylic acids is 2. The molecule has 0 spiro atoms. The van der Waals surface area contributed by atoms with Crippen LogP contribution in [0.5, 0.6) is 0 Å². The van der Waals surface area contributed by atoms with Crippen molar-refractivity contribution in [1.82, 2.24) is 0 Å². The molecule has 0 aliphatic carbocycles. The third kappa shape index (κ3) is 3.03. The molecule has 6 heteroatoms. The molecule has 24 heavy (non-hydrogen) atoms. The predicted octanol–water partition coefficient (Wildman–Crippen LogP) is 4.34. The average Bonchev–Trinajstić information content (AvgIpc) is 2.79. The number of hydrogen-bond acceptors (Lipinski definition) is 3. The van der Waals surface area contributed by atoms with Crippen molar-refractivity contribution in [1.29, 1.82) is 0 Å². The van der Waals surface area contributed by atoms with Gasteiger partial charge in [0.05, 0.1) is 5.69 Å². The fraction of sp³-hybridized carbons (Fsp3) is 0.111. The van der Waals surface area contributed by atoms with Crippen LogP contribution in [0.25, 0.3) is 0 Å². The van der Waals surface area contributed by atoms with Gasteiger partial charge < -0.3 is 5.32 Å². The zero-order chi connectivity index (χ0) is 17.3. The van der Waals surface area contributed by atoms with E-state index < -0.39 is 11.8 Å². The third-order valence-corrected chi connectivity index (χ3v) is 4.31. The standard InChI is InChI=1S/C18H14Cl2N2O2/c1-2-11-6-8-13(9-7-11)21-16-15(20)17(23)22(18(16)24)14-5-3-4-12(19)10-14/h3-10,21H,2H2,1H3. The number of nitrogens with one attached hydrogen (secondary N) is 1. The molecule has 0 saturated carbocycles. The Labute approximate surface area is 149 Å². The highest BCUT2D eigenvalue weighted by atomic mass is 35.5. The van der Waals surface area contributed by atoms with Crippen LogP contribution >= 0.6 is 23.2 Å². The molecule has 2 amide bonds. The Morgan fingerprint density at radius 1 is 1.00 bits per heavy atom. The maximum absolute atomic E-state index is 12.6. The molecule has 4 nitrogen and oxygen atoms in total. The second-order valence-electron chi connectivity index (χ2n) is 5.29. The third-order valence-electron chi connectivity index (χ3n) is 3.73. The second kappa shape index (κ2) is 6.67. The van der Waals surface area contributed by atoms with E-state index in [1.165, 1.54) is 5.56 Å². The number of hydrogen-bond donors (Lipinski definition) is 1. The molecule has 0 radical (unpaired) electrons. The summed E-state index contributed by atoms with van der Waals surface area (Å²) in [6.45, 7) is 2.06. The van der Waals surface area contributed by atoms with E-state index in [1.54, 1.807) is 24.3 Å². The lowest BCUT2D eigenvalue weighted by Crippen LogP contribution is -2.32. The number of benzene rings is 2. The maximum Gasteiger partial charge on any atom is 0.283 e. The van der Waals surface area contributed by atoms with Gasteiger partial charge in [-0.15, -0.1) is 0 Å². The lowest BCUT2D eigenvalue weighted by molar-refractivity contribution is -0.120. The molecule has 2 aromatic rings. The number of imide groups is 1. The Bertz CT molecular complexity index is 844. The van der Waals surface area contributed by atoms with Crippen LogP contribution in [0.1, 0.15) is 12.5 Å². The minimum Gasteiger partial charge on any atom is -0.350 e. The lowest BCUT2D eigenvalue weighted by atomic mass is 10.1. The zero-order valence-electron chi connectivity index (χ0n) is 12.8. The van der Waals surface area contributed by atoms with E-state index in [0.29, 0.717) is 16.4 Å². The van der Waals surface area contributed by atoms with Gasteiger partial charge >= 0.3 is 0 Å². The highest BCUT2D eigenvalue weighted by Gasteiger charge is 2.38. The first kappa shape index (κ1) is 16.6. The van der Waals surface area contributed by atoms with Crippen molar-refractivity contribution in [3.63, 3.8) is 0 Å². The highest BCUT2D eigenvalue weighted by molar-refractivity contribution is 6.53. The van der Waals surface area contributed by atoms with Crippen LogP contribution in [0.15, 0.2) is 59.3 Å². The molecule has 0 aromatic heterocycles. The summed E-state index contributed by atoms with van der Waals surface area (Å²) >= 11 is 12.0. The van der Waals surface area contributed by atoms with Gasteiger partial charge in [-0.1, -0.05) is 48.3 Å². The molecule has 1 aliphatic heterocycles. The van der Waals surface area contributed by atoms with E-state index in [0.717, 1.165) is 11.3 Å². The molecule has 1 aliphatic rings. The predicted molar refractivity (Wildman–Crippen MR) is 96.3 cm³/mol. The van der Waals surface area contributed by atoms with E-state index in [-0.39, 0.29) is 10.7 Å². The van der Waals surface area contributed by atoms with E-state index >= 15 is 0 Å². The first-order valence-electron chi connectivity index (χ1n) is 7.41. The SMILES string of the molecule is CCc1ccc(NC2=C(Cl)C(=O)N(c3cccc(Cl)c3)C2=O)cc1. The molecule has 122 valence electrons. The normalized spacial score (nSPS) is 14.5. The fourth-order valence-corrected chi connectivity index (χ4v) is 2.83. The van der Waals surface area contributed by atoms with Crippen molar-refractivity contribution in [2.45, 2.75) is 13.3 Å². The summed E-state index contributed by atoms with van der Waals surface area (Å²) in [6, 6.07) is 14.1. The van der Waals surface area contributed by atoms with Crippen molar-refractivity contribution in [2.24, 2.45) is 0 Å². The Morgan fingerprint density at radius 2 is 1.71 bits per heavy atom. The number of anilines is 2. The van der Waals surface area contributed by atoms with Crippen LogP contribution in [0, 0.1) is 0 Å². The van der Waals surface area contributed by atoms with Crippen LogP contribution in [-0.4, -0.2) is 11.8 Å². The molecule has 0 bridgehead atoms. The first-order valence-corrected chi connectivity index (χ1v) is 8.17. The van der Waals surface area contributed by atoms with Gasteiger partial charge in [0.2, 0.25) is 0 Å². The largest absolute Gasteiger partial charge is 0.350 e. The Morgan fingerprint density at radius 3 is 2.33 bits per heavy atom. The van der Waals surface area contributed by atoms with Gasteiger partial charge in [-0.2, -0.15) is 0 Å². The number of rotatable bonds is 4. The average molecular weight is 361 g/mol. The fourth-order valence-electron chi connectivity index (χ4n) is 2.43.